The van der Waals surface area contributed by atoms with E-state index in [0.29, 0.717) is 17.4 Å². The third-order valence-electron chi connectivity index (χ3n) is 4.23. The number of benzene rings is 1. The van der Waals surface area contributed by atoms with E-state index in [1.54, 1.807) is 6.07 Å². The summed E-state index contributed by atoms with van der Waals surface area (Å²) in [5, 5.41) is 5.83. The summed E-state index contributed by atoms with van der Waals surface area (Å²) in [6.07, 6.45) is 4.21. The smallest absolute Gasteiger partial charge is 0.272 e. The van der Waals surface area contributed by atoms with Gasteiger partial charge in [0.2, 0.25) is 5.91 Å². The summed E-state index contributed by atoms with van der Waals surface area (Å²) < 4.78 is 2.03. The summed E-state index contributed by atoms with van der Waals surface area (Å²) in [5.41, 5.74) is 3.03. The Morgan fingerprint density at radius 1 is 1.17 bits per heavy atom. The van der Waals surface area contributed by atoms with Gasteiger partial charge in [-0.2, -0.15) is 0 Å². The molecule has 0 aliphatic heterocycles. The molecule has 1 aromatic heterocycles. The second kappa shape index (κ2) is 6.51. The van der Waals surface area contributed by atoms with Crippen molar-refractivity contribution in [3.63, 3.8) is 0 Å². The summed E-state index contributed by atoms with van der Waals surface area (Å²) in [7, 11) is 0. The zero-order chi connectivity index (χ0) is 17.3. The number of aromatic nitrogens is 1. The number of nitrogens with zero attached hydrogens (tertiary/aromatic N) is 1. The fourth-order valence-corrected chi connectivity index (χ4v) is 2.56. The van der Waals surface area contributed by atoms with Crippen molar-refractivity contribution in [2.24, 2.45) is 5.92 Å². The van der Waals surface area contributed by atoms with Gasteiger partial charge in [-0.25, -0.2) is 0 Å². The van der Waals surface area contributed by atoms with Crippen LogP contribution in [-0.4, -0.2) is 16.4 Å². The molecule has 24 heavy (non-hydrogen) atoms. The minimum absolute atomic E-state index is 0.0378. The highest BCUT2D eigenvalue weighted by molar-refractivity contribution is 6.04. The molecule has 0 bridgehead atoms. The van der Waals surface area contributed by atoms with E-state index in [9.17, 15) is 9.59 Å². The maximum atomic E-state index is 12.5. The molecule has 0 saturated heterocycles. The Labute approximate surface area is 142 Å². The molecular weight excluding hydrogens is 302 g/mol. The number of amides is 2. The van der Waals surface area contributed by atoms with Crippen molar-refractivity contribution in [3.05, 3.63) is 47.8 Å². The van der Waals surface area contributed by atoms with Crippen molar-refractivity contribution in [1.29, 1.82) is 0 Å². The molecule has 1 heterocycles. The normalized spacial score (nSPS) is 13.8. The maximum Gasteiger partial charge on any atom is 0.272 e. The molecule has 5 heteroatoms. The minimum atomic E-state index is -0.128. The number of carbonyl (C=O) groups is 2. The van der Waals surface area contributed by atoms with Crippen molar-refractivity contribution in [3.8, 4) is 0 Å². The molecule has 2 aromatic rings. The van der Waals surface area contributed by atoms with Gasteiger partial charge in [0.15, 0.2) is 0 Å². The highest BCUT2D eigenvalue weighted by Gasteiger charge is 2.26. The van der Waals surface area contributed by atoms with Gasteiger partial charge in [0.25, 0.3) is 5.91 Å². The van der Waals surface area contributed by atoms with Gasteiger partial charge >= 0.3 is 0 Å². The molecule has 5 nitrogen and oxygen atoms in total. The summed E-state index contributed by atoms with van der Waals surface area (Å²) in [5.74, 6) is -0.259. The number of nitrogens with one attached hydrogen (secondary N) is 2. The maximum absolute atomic E-state index is 12.5. The van der Waals surface area contributed by atoms with Crippen LogP contribution < -0.4 is 10.6 Å². The standard InChI is InChI=1S/C19H23N3O2/c1-12(2)18(23)21-16-11-14(7-6-13(16)3)20-19(24)17-5-4-10-22(17)15-8-9-15/h4-7,10-12,15H,8-9H2,1-3H3,(H,20,24)(H,21,23). The zero-order valence-corrected chi connectivity index (χ0v) is 14.3. The predicted octanol–water partition coefficient (Wildman–Crippen LogP) is 3.98. The molecule has 1 aromatic carbocycles. The number of hydrogen-bond donors (Lipinski definition) is 2. The molecule has 126 valence electrons. The lowest BCUT2D eigenvalue weighted by Gasteiger charge is -2.13. The highest BCUT2D eigenvalue weighted by atomic mass is 16.2. The molecule has 1 aliphatic carbocycles. The van der Waals surface area contributed by atoms with E-state index in [1.165, 1.54) is 0 Å². The summed E-state index contributed by atoms with van der Waals surface area (Å²) >= 11 is 0. The molecule has 0 radical (unpaired) electrons. The first-order chi connectivity index (χ1) is 11.5. The van der Waals surface area contributed by atoms with Gasteiger partial charge in [0.1, 0.15) is 5.69 Å². The molecule has 0 atom stereocenters. The van der Waals surface area contributed by atoms with Crippen LogP contribution in [-0.2, 0) is 4.79 Å². The average Bonchev–Trinajstić information content (AvgIpc) is 3.27. The van der Waals surface area contributed by atoms with Gasteiger partial charge < -0.3 is 15.2 Å². The zero-order valence-electron chi connectivity index (χ0n) is 14.3. The Balaban J connectivity index is 1.76. The monoisotopic (exact) mass is 325 g/mol. The van der Waals surface area contributed by atoms with Crippen LogP contribution in [0.5, 0.6) is 0 Å². The van der Waals surface area contributed by atoms with Gasteiger partial charge in [-0.05, 0) is 49.6 Å². The molecule has 3 rings (SSSR count). The molecule has 2 N–H and O–H groups in total. The summed E-state index contributed by atoms with van der Waals surface area (Å²) in [6.45, 7) is 5.63. The van der Waals surface area contributed by atoms with Crippen molar-refractivity contribution in [2.45, 2.75) is 39.7 Å². The Morgan fingerprint density at radius 3 is 2.58 bits per heavy atom. The van der Waals surface area contributed by atoms with Crippen LogP contribution in [0.1, 0.15) is 48.8 Å². The fraction of sp³-hybridized carbons (Fsp3) is 0.368. The number of hydrogen-bond acceptors (Lipinski definition) is 2. The quantitative estimate of drug-likeness (QED) is 0.873. The first-order valence-electron chi connectivity index (χ1n) is 8.35. The average molecular weight is 325 g/mol. The SMILES string of the molecule is Cc1ccc(NC(=O)c2cccn2C2CC2)cc1NC(=O)C(C)C. The molecule has 1 aliphatic rings. The van der Waals surface area contributed by atoms with Crippen molar-refractivity contribution in [1.82, 2.24) is 4.57 Å². The topological polar surface area (TPSA) is 63.1 Å². The van der Waals surface area contributed by atoms with Crippen LogP contribution in [0.2, 0.25) is 0 Å². The van der Waals surface area contributed by atoms with E-state index in [4.69, 9.17) is 0 Å². The molecular formula is C19H23N3O2. The first kappa shape index (κ1) is 16.3. The number of aryl methyl sites for hydroxylation is 1. The second-order valence-corrected chi connectivity index (χ2v) is 6.66. The Morgan fingerprint density at radius 2 is 1.92 bits per heavy atom. The van der Waals surface area contributed by atoms with Crippen molar-refractivity contribution < 1.29 is 9.59 Å². The van der Waals surface area contributed by atoms with Crippen LogP contribution in [0, 0.1) is 12.8 Å². The Kier molecular flexibility index (Phi) is 4.42. The predicted molar refractivity (Wildman–Crippen MR) is 95.3 cm³/mol. The highest BCUT2D eigenvalue weighted by Crippen LogP contribution is 2.36. The molecule has 0 unspecified atom stereocenters. The number of rotatable bonds is 5. The largest absolute Gasteiger partial charge is 0.340 e. The number of carbonyl (C=O) groups excluding carboxylic acids is 2. The van der Waals surface area contributed by atoms with E-state index in [2.05, 4.69) is 10.6 Å². The van der Waals surface area contributed by atoms with Crippen LogP contribution >= 0.6 is 0 Å². The molecule has 1 saturated carbocycles. The third kappa shape index (κ3) is 3.50. The van der Waals surface area contributed by atoms with Crippen LogP contribution in [0.25, 0.3) is 0 Å². The van der Waals surface area contributed by atoms with Gasteiger partial charge in [-0.3, -0.25) is 9.59 Å². The lowest BCUT2D eigenvalue weighted by molar-refractivity contribution is -0.118. The third-order valence-corrected chi connectivity index (χ3v) is 4.23. The Bertz CT molecular complexity index is 773. The fourth-order valence-electron chi connectivity index (χ4n) is 2.56. The van der Waals surface area contributed by atoms with Crippen molar-refractivity contribution >= 4 is 23.2 Å². The van der Waals surface area contributed by atoms with E-state index >= 15 is 0 Å². The lowest BCUT2D eigenvalue weighted by Crippen LogP contribution is -2.19. The summed E-state index contributed by atoms with van der Waals surface area (Å²) in [6, 6.07) is 9.74. The van der Waals surface area contributed by atoms with E-state index in [1.807, 2.05) is 55.8 Å². The minimum Gasteiger partial charge on any atom is -0.340 e. The Hall–Kier alpha value is -2.56. The second-order valence-electron chi connectivity index (χ2n) is 6.66. The number of anilines is 2. The van der Waals surface area contributed by atoms with Crippen LogP contribution in [0.4, 0.5) is 11.4 Å². The first-order valence-corrected chi connectivity index (χ1v) is 8.35. The van der Waals surface area contributed by atoms with Crippen molar-refractivity contribution in [2.75, 3.05) is 10.6 Å². The summed E-state index contributed by atoms with van der Waals surface area (Å²) in [4.78, 5) is 24.4. The van der Waals surface area contributed by atoms with Gasteiger partial charge in [0.05, 0.1) is 0 Å². The van der Waals surface area contributed by atoms with Gasteiger partial charge in [-0.15, -0.1) is 0 Å². The molecule has 1 fully saturated rings. The van der Waals surface area contributed by atoms with E-state index in [-0.39, 0.29) is 17.7 Å². The lowest BCUT2D eigenvalue weighted by atomic mass is 10.1. The van der Waals surface area contributed by atoms with Gasteiger partial charge in [0, 0.05) is 29.5 Å². The molecule has 2 amide bonds. The van der Waals surface area contributed by atoms with E-state index in [0.717, 1.165) is 24.1 Å². The van der Waals surface area contributed by atoms with E-state index < -0.39 is 0 Å². The van der Waals surface area contributed by atoms with Crippen LogP contribution in [0.15, 0.2) is 36.5 Å². The van der Waals surface area contributed by atoms with Crippen LogP contribution in [0.3, 0.4) is 0 Å². The molecule has 0 spiro atoms. The van der Waals surface area contributed by atoms with Gasteiger partial charge in [-0.1, -0.05) is 19.9 Å².